The summed E-state index contributed by atoms with van der Waals surface area (Å²) in [5.41, 5.74) is -0.0726. The van der Waals surface area contributed by atoms with E-state index in [1.807, 2.05) is 0 Å². The van der Waals surface area contributed by atoms with Crippen molar-refractivity contribution in [2.24, 2.45) is 5.92 Å². The number of hydrogen-bond acceptors (Lipinski definition) is 5. The van der Waals surface area contributed by atoms with E-state index in [0.717, 1.165) is 43.8 Å². The Morgan fingerprint density at radius 2 is 2.14 bits per heavy atom. The lowest BCUT2D eigenvalue weighted by Gasteiger charge is -2.32. The number of nitrogens with one attached hydrogen (secondary N) is 1. The van der Waals surface area contributed by atoms with Gasteiger partial charge in [0.05, 0.1) is 6.54 Å². The summed E-state index contributed by atoms with van der Waals surface area (Å²) in [5, 5.41) is 7.68. The molecule has 1 N–H and O–H groups in total. The average molecular weight is 294 g/mol. The molecule has 21 heavy (non-hydrogen) atoms. The van der Waals surface area contributed by atoms with Crippen LogP contribution < -0.4 is 5.32 Å². The molecule has 0 bridgehead atoms. The zero-order valence-corrected chi connectivity index (χ0v) is 14.1. The van der Waals surface area contributed by atoms with Crippen LogP contribution in [0, 0.1) is 5.92 Å². The molecular weight excluding hydrogens is 264 g/mol. The molecule has 5 nitrogen and oxygen atoms in total. The molecule has 1 aromatic rings. The van der Waals surface area contributed by atoms with Gasteiger partial charge < -0.3 is 9.84 Å². The third-order valence-electron chi connectivity index (χ3n) is 3.89. The van der Waals surface area contributed by atoms with E-state index in [0.29, 0.717) is 6.04 Å². The number of nitrogens with zero attached hydrogens (tertiary/aromatic N) is 3. The fourth-order valence-electron chi connectivity index (χ4n) is 2.69. The molecule has 0 aliphatic carbocycles. The number of piperidine rings is 1. The van der Waals surface area contributed by atoms with Crippen molar-refractivity contribution in [3.8, 4) is 0 Å². The van der Waals surface area contributed by atoms with Crippen LogP contribution in [-0.4, -0.2) is 40.7 Å². The van der Waals surface area contributed by atoms with Gasteiger partial charge in [-0.1, -0.05) is 39.8 Å². The van der Waals surface area contributed by atoms with Gasteiger partial charge in [-0.05, 0) is 31.8 Å². The van der Waals surface area contributed by atoms with Gasteiger partial charge in [0, 0.05) is 18.0 Å². The molecule has 120 valence electrons. The summed E-state index contributed by atoms with van der Waals surface area (Å²) in [6.07, 6.45) is 2.57. The maximum Gasteiger partial charge on any atom is 0.232 e. The largest absolute Gasteiger partial charge is 0.339 e. The van der Waals surface area contributed by atoms with E-state index < -0.39 is 0 Å². The minimum absolute atomic E-state index is 0.0726. The van der Waals surface area contributed by atoms with Gasteiger partial charge in [-0.25, -0.2) is 0 Å². The Bertz CT molecular complexity index is 436. The van der Waals surface area contributed by atoms with Crippen molar-refractivity contribution in [2.75, 3.05) is 19.6 Å². The topological polar surface area (TPSA) is 54.2 Å². The molecule has 5 heteroatoms. The molecule has 1 aromatic heterocycles. The molecule has 1 atom stereocenters. The highest BCUT2D eigenvalue weighted by Gasteiger charge is 2.24. The molecular formula is C16H30N4O. The summed E-state index contributed by atoms with van der Waals surface area (Å²) in [7, 11) is 0. The molecule has 0 spiro atoms. The molecule has 1 saturated heterocycles. The number of hydrogen-bond donors (Lipinski definition) is 1. The highest BCUT2D eigenvalue weighted by atomic mass is 16.5. The van der Waals surface area contributed by atoms with Crippen LogP contribution in [0.3, 0.4) is 0 Å². The monoisotopic (exact) mass is 294 g/mol. The summed E-state index contributed by atoms with van der Waals surface area (Å²) in [4.78, 5) is 6.99. The molecule has 2 rings (SSSR count). The van der Waals surface area contributed by atoms with Crippen LogP contribution in [-0.2, 0) is 12.0 Å². The third-order valence-corrected chi connectivity index (χ3v) is 3.89. The van der Waals surface area contributed by atoms with Crippen LogP contribution in [0.4, 0.5) is 0 Å². The fraction of sp³-hybridized carbons (Fsp3) is 0.875. The summed E-state index contributed by atoms with van der Waals surface area (Å²) >= 11 is 0. The van der Waals surface area contributed by atoms with Crippen LogP contribution in [0.2, 0.25) is 0 Å². The number of likely N-dealkylation sites (tertiary alicyclic amines) is 1. The van der Waals surface area contributed by atoms with Crippen LogP contribution in [0.1, 0.15) is 59.2 Å². The first-order valence-corrected chi connectivity index (χ1v) is 8.13. The molecule has 1 aliphatic rings. The van der Waals surface area contributed by atoms with Crippen molar-refractivity contribution < 1.29 is 4.52 Å². The zero-order valence-electron chi connectivity index (χ0n) is 14.1. The van der Waals surface area contributed by atoms with E-state index in [2.05, 4.69) is 55.0 Å². The van der Waals surface area contributed by atoms with E-state index >= 15 is 0 Å². The SMILES string of the molecule is CC(C)NCC1CCCN(Cc2noc(C(C)(C)C)n2)C1. The van der Waals surface area contributed by atoms with Crippen molar-refractivity contribution in [1.82, 2.24) is 20.4 Å². The van der Waals surface area contributed by atoms with Gasteiger partial charge in [0.2, 0.25) is 5.89 Å². The van der Waals surface area contributed by atoms with Crippen molar-refractivity contribution in [3.63, 3.8) is 0 Å². The van der Waals surface area contributed by atoms with Crippen LogP contribution in [0.25, 0.3) is 0 Å². The van der Waals surface area contributed by atoms with Gasteiger partial charge in [0.15, 0.2) is 5.82 Å². The molecule has 0 radical (unpaired) electrons. The Hall–Kier alpha value is -0.940. The Morgan fingerprint density at radius 1 is 1.38 bits per heavy atom. The molecule has 0 saturated carbocycles. The first kappa shape index (κ1) is 16.4. The number of rotatable bonds is 5. The highest BCUT2D eigenvalue weighted by molar-refractivity contribution is 4.98. The summed E-state index contributed by atoms with van der Waals surface area (Å²) in [6, 6.07) is 0.562. The second kappa shape index (κ2) is 6.88. The Balaban J connectivity index is 1.86. The van der Waals surface area contributed by atoms with Crippen molar-refractivity contribution in [2.45, 2.75) is 65.5 Å². The maximum atomic E-state index is 5.38. The van der Waals surface area contributed by atoms with E-state index in [-0.39, 0.29) is 5.41 Å². The highest BCUT2D eigenvalue weighted by Crippen LogP contribution is 2.21. The van der Waals surface area contributed by atoms with Gasteiger partial charge >= 0.3 is 0 Å². The number of aromatic nitrogens is 2. The summed E-state index contributed by atoms with van der Waals surface area (Å²) < 4.78 is 5.38. The van der Waals surface area contributed by atoms with E-state index in [9.17, 15) is 0 Å². The summed E-state index contributed by atoms with van der Waals surface area (Å²) in [6.45, 7) is 14.9. The minimum atomic E-state index is -0.0726. The van der Waals surface area contributed by atoms with Gasteiger partial charge in [-0.3, -0.25) is 4.90 Å². The molecule has 2 heterocycles. The lowest BCUT2D eigenvalue weighted by atomic mass is 9.97. The van der Waals surface area contributed by atoms with Crippen LogP contribution in [0.15, 0.2) is 4.52 Å². The van der Waals surface area contributed by atoms with Crippen molar-refractivity contribution in [1.29, 1.82) is 0 Å². The first-order chi connectivity index (χ1) is 9.84. The Kier molecular flexibility index (Phi) is 5.38. The predicted octanol–water partition coefficient (Wildman–Crippen LogP) is 2.58. The second-order valence-corrected chi connectivity index (χ2v) is 7.57. The summed E-state index contributed by atoms with van der Waals surface area (Å²) in [5.74, 6) is 2.28. The van der Waals surface area contributed by atoms with E-state index in [1.54, 1.807) is 0 Å². The van der Waals surface area contributed by atoms with E-state index in [1.165, 1.54) is 12.8 Å². The molecule has 1 aliphatic heterocycles. The minimum Gasteiger partial charge on any atom is -0.339 e. The molecule has 0 amide bonds. The average Bonchev–Trinajstić information content (AvgIpc) is 2.85. The van der Waals surface area contributed by atoms with Crippen molar-refractivity contribution in [3.05, 3.63) is 11.7 Å². The normalized spacial score (nSPS) is 21.1. The van der Waals surface area contributed by atoms with Crippen molar-refractivity contribution >= 4 is 0 Å². The standard InChI is InChI=1S/C16H30N4O/c1-12(2)17-9-13-7-6-8-20(10-13)11-14-18-15(21-19-14)16(3,4)5/h12-13,17H,6-11H2,1-5H3. The fourth-order valence-corrected chi connectivity index (χ4v) is 2.69. The quantitative estimate of drug-likeness (QED) is 0.904. The maximum absolute atomic E-state index is 5.38. The molecule has 0 aromatic carbocycles. The van der Waals surface area contributed by atoms with Gasteiger partial charge in [-0.2, -0.15) is 4.98 Å². The second-order valence-electron chi connectivity index (χ2n) is 7.57. The van der Waals surface area contributed by atoms with Gasteiger partial charge in [0.1, 0.15) is 0 Å². The first-order valence-electron chi connectivity index (χ1n) is 8.13. The molecule has 1 fully saturated rings. The van der Waals surface area contributed by atoms with Crippen LogP contribution >= 0.6 is 0 Å². The third kappa shape index (κ3) is 5.08. The van der Waals surface area contributed by atoms with E-state index in [4.69, 9.17) is 4.52 Å². The molecule has 1 unspecified atom stereocenters. The van der Waals surface area contributed by atoms with Crippen LogP contribution in [0.5, 0.6) is 0 Å². The lowest BCUT2D eigenvalue weighted by Crippen LogP contribution is -2.40. The Labute approximate surface area is 128 Å². The lowest BCUT2D eigenvalue weighted by molar-refractivity contribution is 0.159. The smallest absolute Gasteiger partial charge is 0.232 e. The Morgan fingerprint density at radius 3 is 2.76 bits per heavy atom. The van der Waals surface area contributed by atoms with Gasteiger partial charge in [-0.15, -0.1) is 0 Å². The predicted molar refractivity (Wildman–Crippen MR) is 84.1 cm³/mol. The zero-order chi connectivity index (χ0) is 15.5. The van der Waals surface area contributed by atoms with Gasteiger partial charge in [0.25, 0.3) is 0 Å².